The largest absolute Gasteiger partial charge is 0.372 e. The summed E-state index contributed by atoms with van der Waals surface area (Å²) in [5, 5.41) is 4.27. The van der Waals surface area contributed by atoms with Crippen LogP contribution in [0.2, 0.25) is 0 Å². The zero-order valence-corrected chi connectivity index (χ0v) is 9.53. The van der Waals surface area contributed by atoms with E-state index in [1.165, 1.54) is 27.9 Å². The monoisotopic (exact) mass is 214 g/mol. The van der Waals surface area contributed by atoms with Gasteiger partial charge in [-0.15, -0.1) is 0 Å². The van der Waals surface area contributed by atoms with Gasteiger partial charge in [0.25, 0.3) is 0 Å². The molecule has 0 aliphatic carbocycles. The average Bonchev–Trinajstić information content (AvgIpc) is 2.86. The summed E-state index contributed by atoms with van der Waals surface area (Å²) in [4.78, 5) is 0. The molecule has 1 aromatic carbocycles. The molecule has 0 atom stereocenters. The van der Waals surface area contributed by atoms with Gasteiger partial charge in [-0.1, -0.05) is 12.1 Å². The lowest BCUT2D eigenvalue weighted by Gasteiger charge is -2.03. The first-order valence-electron chi connectivity index (χ1n) is 5.44. The Morgan fingerprint density at radius 1 is 1.25 bits per heavy atom. The topological polar surface area (TPSA) is 27.1 Å². The van der Waals surface area contributed by atoms with Crippen LogP contribution in [-0.4, -0.2) is 9.78 Å². The van der Waals surface area contributed by atoms with Gasteiger partial charge in [0.1, 0.15) is 0 Å². The predicted octanol–water partition coefficient (Wildman–Crippen LogP) is 2.43. The normalized spacial score (nSPS) is 14.1. The second-order valence-corrected chi connectivity index (χ2v) is 4.24. The number of rotatable bonds is 1. The molecule has 0 saturated carbocycles. The van der Waals surface area contributed by atoms with Crippen LogP contribution in [0, 0.1) is 6.92 Å². The van der Waals surface area contributed by atoms with E-state index in [0.29, 0.717) is 0 Å². The highest BCUT2D eigenvalue weighted by molar-refractivity contribution is 5.66. The second-order valence-electron chi connectivity index (χ2n) is 4.24. The molecular formula is C13H14N2O. The van der Waals surface area contributed by atoms with Gasteiger partial charge in [0.05, 0.1) is 19.4 Å². The first kappa shape index (κ1) is 9.60. The Kier molecular flexibility index (Phi) is 2.07. The SMILES string of the molecule is Cc1c(-c2ccc3c(c2)COC3)cnn1C. The maximum atomic E-state index is 5.42. The van der Waals surface area contributed by atoms with Crippen LogP contribution in [-0.2, 0) is 25.0 Å². The maximum absolute atomic E-state index is 5.42. The molecule has 0 amide bonds. The van der Waals surface area contributed by atoms with Crippen LogP contribution in [0.25, 0.3) is 11.1 Å². The summed E-state index contributed by atoms with van der Waals surface area (Å²) in [6, 6.07) is 6.52. The number of aromatic nitrogens is 2. The number of ether oxygens (including phenoxy) is 1. The average molecular weight is 214 g/mol. The minimum atomic E-state index is 0.739. The van der Waals surface area contributed by atoms with Gasteiger partial charge in [-0.05, 0) is 29.7 Å². The third kappa shape index (κ3) is 1.36. The zero-order valence-electron chi connectivity index (χ0n) is 9.53. The van der Waals surface area contributed by atoms with Crippen molar-refractivity contribution in [2.75, 3.05) is 0 Å². The summed E-state index contributed by atoms with van der Waals surface area (Å²) in [6.07, 6.45) is 1.92. The Balaban J connectivity index is 2.10. The summed E-state index contributed by atoms with van der Waals surface area (Å²) < 4.78 is 7.32. The van der Waals surface area contributed by atoms with Crippen molar-refractivity contribution >= 4 is 0 Å². The Hall–Kier alpha value is -1.61. The fraction of sp³-hybridized carbons (Fsp3) is 0.308. The van der Waals surface area contributed by atoms with E-state index < -0.39 is 0 Å². The highest BCUT2D eigenvalue weighted by Crippen LogP contribution is 2.28. The van der Waals surface area contributed by atoms with Gasteiger partial charge in [0, 0.05) is 18.3 Å². The summed E-state index contributed by atoms with van der Waals surface area (Å²) in [6.45, 7) is 3.58. The van der Waals surface area contributed by atoms with E-state index in [-0.39, 0.29) is 0 Å². The van der Waals surface area contributed by atoms with Gasteiger partial charge in [-0.2, -0.15) is 5.10 Å². The molecule has 3 heteroatoms. The summed E-state index contributed by atoms with van der Waals surface area (Å²) >= 11 is 0. The van der Waals surface area contributed by atoms with Crippen molar-refractivity contribution in [2.45, 2.75) is 20.1 Å². The number of hydrogen-bond acceptors (Lipinski definition) is 2. The minimum absolute atomic E-state index is 0.739. The van der Waals surface area contributed by atoms with Crippen molar-refractivity contribution in [3.05, 3.63) is 41.2 Å². The van der Waals surface area contributed by atoms with Crippen LogP contribution in [0.15, 0.2) is 24.4 Å². The lowest BCUT2D eigenvalue weighted by Crippen LogP contribution is -1.92. The molecule has 3 rings (SSSR count). The fourth-order valence-electron chi connectivity index (χ4n) is 2.12. The smallest absolute Gasteiger partial charge is 0.0725 e. The lowest BCUT2D eigenvalue weighted by molar-refractivity contribution is 0.134. The van der Waals surface area contributed by atoms with E-state index in [9.17, 15) is 0 Å². The molecular weight excluding hydrogens is 200 g/mol. The summed E-state index contributed by atoms with van der Waals surface area (Å²) in [7, 11) is 1.97. The maximum Gasteiger partial charge on any atom is 0.0725 e. The summed E-state index contributed by atoms with van der Waals surface area (Å²) in [5.41, 5.74) is 6.25. The lowest BCUT2D eigenvalue weighted by atomic mass is 10.0. The van der Waals surface area contributed by atoms with E-state index in [2.05, 4.69) is 30.2 Å². The van der Waals surface area contributed by atoms with Gasteiger partial charge < -0.3 is 4.74 Å². The highest BCUT2D eigenvalue weighted by Gasteiger charge is 2.13. The van der Waals surface area contributed by atoms with Gasteiger partial charge in [0.15, 0.2) is 0 Å². The molecule has 82 valence electrons. The third-order valence-corrected chi connectivity index (χ3v) is 3.27. The van der Waals surface area contributed by atoms with E-state index in [1.54, 1.807) is 0 Å². The molecule has 0 radical (unpaired) electrons. The third-order valence-electron chi connectivity index (χ3n) is 3.27. The van der Waals surface area contributed by atoms with Crippen LogP contribution in [0.4, 0.5) is 0 Å². The number of benzene rings is 1. The minimum Gasteiger partial charge on any atom is -0.372 e. The quantitative estimate of drug-likeness (QED) is 0.729. The Labute approximate surface area is 94.7 Å². The van der Waals surface area contributed by atoms with Crippen molar-refractivity contribution in [1.82, 2.24) is 9.78 Å². The van der Waals surface area contributed by atoms with E-state index >= 15 is 0 Å². The van der Waals surface area contributed by atoms with Gasteiger partial charge in [-0.25, -0.2) is 0 Å². The Morgan fingerprint density at radius 2 is 2.06 bits per heavy atom. The molecule has 2 heterocycles. The fourth-order valence-corrected chi connectivity index (χ4v) is 2.12. The van der Waals surface area contributed by atoms with E-state index in [1.807, 2.05) is 17.9 Å². The van der Waals surface area contributed by atoms with Gasteiger partial charge in [0.2, 0.25) is 0 Å². The van der Waals surface area contributed by atoms with E-state index in [4.69, 9.17) is 4.74 Å². The highest BCUT2D eigenvalue weighted by atomic mass is 16.5. The van der Waals surface area contributed by atoms with Crippen molar-refractivity contribution in [3.8, 4) is 11.1 Å². The van der Waals surface area contributed by atoms with Crippen LogP contribution < -0.4 is 0 Å². The zero-order chi connectivity index (χ0) is 11.1. The molecule has 1 aliphatic rings. The molecule has 16 heavy (non-hydrogen) atoms. The van der Waals surface area contributed by atoms with Gasteiger partial charge in [-0.3, -0.25) is 4.68 Å². The summed E-state index contributed by atoms with van der Waals surface area (Å²) in [5.74, 6) is 0. The standard InChI is InChI=1S/C13H14N2O/c1-9-13(6-14-15(9)2)10-3-4-11-7-16-8-12(11)5-10/h3-6H,7-8H2,1-2H3. The molecule has 1 aliphatic heterocycles. The molecule has 0 N–H and O–H groups in total. The van der Waals surface area contributed by atoms with Crippen molar-refractivity contribution in [1.29, 1.82) is 0 Å². The molecule has 0 unspecified atom stereocenters. The Morgan fingerprint density at radius 3 is 2.81 bits per heavy atom. The Bertz CT molecular complexity index is 543. The first-order chi connectivity index (χ1) is 7.75. The van der Waals surface area contributed by atoms with Gasteiger partial charge >= 0.3 is 0 Å². The number of hydrogen-bond donors (Lipinski definition) is 0. The van der Waals surface area contributed by atoms with Crippen LogP contribution in [0.3, 0.4) is 0 Å². The van der Waals surface area contributed by atoms with E-state index in [0.717, 1.165) is 13.2 Å². The van der Waals surface area contributed by atoms with Crippen molar-refractivity contribution in [2.24, 2.45) is 7.05 Å². The first-order valence-corrected chi connectivity index (χ1v) is 5.44. The molecule has 0 saturated heterocycles. The van der Waals surface area contributed by atoms with Crippen LogP contribution >= 0.6 is 0 Å². The molecule has 1 aromatic heterocycles. The molecule has 0 fully saturated rings. The molecule has 0 spiro atoms. The number of nitrogens with zero attached hydrogens (tertiary/aromatic N) is 2. The number of aryl methyl sites for hydroxylation is 1. The van der Waals surface area contributed by atoms with Crippen LogP contribution in [0.1, 0.15) is 16.8 Å². The van der Waals surface area contributed by atoms with Crippen molar-refractivity contribution in [3.63, 3.8) is 0 Å². The van der Waals surface area contributed by atoms with Crippen molar-refractivity contribution < 1.29 is 4.74 Å². The molecule has 0 bridgehead atoms. The number of fused-ring (bicyclic) bond motifs is 1. The second kappa shape index (κ2) is 3.46. The molecule has 2 aromatic rings. The molecule has 3 nitrogen and oxygen atoms in total. The van der Waals surface area contributed by atoms with Crippen LogP contribution in [0.5, 0.6) is 0 Å². The predicted molar refractivity (Wildman–Crippen MR) is 61.9 cm³/mol.